The Morgan fingerprint density at radius 3 is 2.67 bits per heavy atom. The first-order chi connectivity index (χ1) is 8.74. The van der Waals surface area contributed by atoms with Gasteiger partial charge in [0.15, 0.2) is 0 Å². The molecule has 0 atom stereocenters. The first kappa shape index (κ1) is 12.9. The highest BCUT2D eigenvalue weighted by molar-refractivity contribution is 5.67. The van der Waals surface area contributed by atoms with Crippen LogP contribution in [0.4, 0.5) is 4.79 Å². The molecule has 18 heavy (non-hydrogen) atoms. The van der Waals surface area contributed by atoms with Gasteiger partial charge in [-0.25, -0.2) is 4.79 Å². The van der Waals surface area contributed by atoms with Crippen molar-refractivity contribution in [2.45, 2.75) is 20.0 Å². The van der Waals surface area contributed by atoms with E-state index in [1.165, 1.54) is 0 Å². The predicted octanol–water partition coefficient (Wildman–Crippen LogP) is 1.91. The van der Waals surface area contributed by atoms with Crippen molar-refractivity contribution in [2.75, 3.05) is 19.6 Å². The van der Waals surface area contributed by atoms with E-state index in [9.17, 15) is 4.79 Å². The van der Waals surface area contributed by atoms with Crippen molar-refractivity contribution in [3.63, 3.8) is 0 Å². The van der Waals surface area contributed by atoms with E-state index >= 15 is 0 Å². The third kappa shape index (κ3) is 3.23. The van der Waals surface area contributed by atoms with Crippen LogP contribution in [-0.2, 0) is 11.3 Å². The molecule has 4 heteroatoms. The Hall–Kier alpha value is -1.55. The number of carbonyl (C=O) groups excluding carboxylic acids is 1. The van der Waals surface area contributed by atoms with E-state index in [0.717, 1.165) is 25.1 Å². The van der Waals surface area contributed by atoms with Gasteiger partial charge in [0, 0.05) is 25.0 Å². The van der Waals surface area contributed by atoms with Crippen molar-refractivity contribution in [1.29, 1.82) is 0 Å². The van der Waals surface area contributed by atoms with Gasteiger partial charge in [0.05, 0.1) is 0 Å². The van der Waals surface area contributed by atoms with E-state index < -0.39 is 0 Å². The van der Waals surface area contributed by atoms with Crippen LogP contribution in [0.25, 0.3) is 0 Å². The van der Waals surface area contributed by atoms with Gasteiger partial charge in [-0.15, -0.1) is 0 Å². The molecule has 0 spiro atoms. The lowest BCUT2D eigenvalue weighted by Crippen LogP contribution is -2.58. The number of rotatable bonds is 5. The van der Waals surface area contributed by atoms with Crippen LogP contribution in [0.5, 0.6) is 0 Å². The quantitative estimate of drug-likeness (QED) is 0.837. The number of alkyl carbamates (subject to hydrolysis) is 1. The summed E-state index contributed by atoms with van der Waals surface area (Å²) in [6, 6.07) is 9.69. The van der Waals surface area contributed by atoms with Crippen molar-refractivity contribution < 1.29 is 9.53 Å². The SMILES string of the molecule is CCC1(CNC(=O)OCc2ccccc2)CNC1. The van der Waals surface area contributed by atoms with Gasteiger partial charge in [0.1, 0.15) is 6.61 Å². The van der Waals surface area contributed by atoms with Crippen molar-refractivity contribution in [1.82, 2.24) is 10.6 Å². The first-order valence-corrected chi connectivity index (χ1v) is 6.39. The molecule has 1 amide bonds. The summed E-state index contributed by atoms with van der Waals surface area (Å²) in [6.45, 7) is 5.11. The molecule has 1 aliphatic rings. The van der Waals surface area contributed by atoms with Crippen LogP contribution >= 0.6 is 0 Å². The molecule has 0 saturated carbocycles. The molecule has 0 unspecified atom stereocenters. The van der Waals surface area contributed by atoms with E-state index in [1.54, 1.807) is 0 Å². The van der Waals surface area contributed by atoms with Crippen molar-refractivity contribution in [2.24, 2.45) is 5.41 Å². The van der Waals surface area contributed by atoms with Gasteiger partial charge in [0.2, 0.25) is 0 Å². The normalized spacial score (nSPS) is 16.7. The maximum Gasteiger partial charge on any atom is 0.407 e. The van der Waals surface area contributed by atoms with Crippen LogP contribution in [0, 0.1) is 5.41 Å². The minimum Gasteiger partial charge on any atom is -0.445 e. The van der Waals surface area contributed by atoms with Crippen molar-refractivity contribution in [3.05, 3.63) is 35.9 Å². The Balaban J connectivity index is 1.69. The molecule has 2 rings (SSSR count). The van der Waals surface area contributed by atoms with Crippen LogP contribution in [-0.4, -0.2) is 25.7 Å². The number of benzene rings is 1. The molecule has 0 aliphatic carbocycles. The Morgan fingerprint density at radius 1 is 1.39 bits per heavy atom. The summed E-state index contributed by atoms with van der Waals surface area (Å²) in [4.78, 5) is 11.6. The van der Waals surface area contributed by atoms with Crippen LogP contribution in [0.1, 0.15) is 18.9 Å². The van der Waals surface area contributed by atoms with Gasteiger partial charge in [-0.1, -0.05) is 37.3 Å². The molecule has 98 valence electrons. The Bertz CT molecular complexity index is 383. The average Bonchev–Trinajstić information content (AvgIpc) is 2.37. The third-order valence-electron chi connectivity index (χ3n) is 3.57. The highest BCUT2D eigenvalue weighted by Crippen LogP contribution is 2.25. The van der Waals surface area contributed by atoms with Crippen LogP contribution in [0.15, 0.2) is 30.3 Å². The van der Waals surface area contributed by atoms with Gasteiger partial charge in [-0.05, 0) is 12.0 Å². The van der Waals surface area contributed by atoms with Crippen LogP contribution in [0.2, 0.25) is 0 Å². The zero-order chi connectivity index (χ0) is 12.8. The largest absolute Gasteiger partial charge is 0.445 e. The zero-order valence-electron chi connectivity index (χ0n) is 10.7. The fourth-order valence-corrected chi connectivity index (χ4v) is 2.01. The molecule has 2 N–H and O–H groups in total. The summed E-state index contributed by atoms with van der Waals surface area (Å²) in [5.41, 5.74) is 1.23. The maximum atomic E-state index is 11.6. The first-order valence-electron chi connectivity index (χ1n) is 6.39. The molecule has 0 radical (unpaired) electrons. The Labute approximate surface area is 108 Å². The van der Waals surface area contributed by atoms with Gasteiger partial charge >= 0.3 is 6.09 Å². The monoisotopic (exact) mass is 248 g/mol. The lowest BCUT2D eigenvalue weighted by molar-refractivity contribution is 0.117. The second-order valence-corrected chi connectivity index (χ2v) is 4.87. The van der Waals surface area contributed by atoms with E-state index in [0.29, 0.717) is 13.2 Å². The third-order valence-corrected chi connectivity index (χ3v) is 3.57. The van der Waals surface area contributed by atoms with Gasteiger partial charge in [-0.3, -0.25) is 0 Å². The summed E-state index contributed by atoms with van der Waals surface area (Å²) in [7, 11) is 0. The average molecular weight is 248 g/mol. The smallest absolute Gasteiger partial charge is 0.407 e. The van der Waals surface area contributed by atoms with Crippen molar-refractivity contribution in [3.8, 4) is 0 Å². The maximum absolute atomic E-state index is 11.6. The number of hydrogen-bond donors (Lipinski definition) is 2. The number of nitrogens with one attached hydrogen (secondary N) is 2. The minimum atomic E-state index is -0.335. The van der Waals surface area contributed by atoms with Gasteiger partial charge in [-0.2, -0.15) is 0 Å². The van der Waals surface area contributed by atoms with E-state index in [1.807, 2.05) is 30.3 Å². The molecule has 0 bridgehead atoms. The second-order valence-electron chi connectivity index (χ2n) is 4.87. The summed E-state index contributed by atoms with van der Waals surface area (Å²) in [5.74, 6) is 0. The highest BCUT2D eigenvalue weighted by atomic mass is 16.5. The summed E-state index contributed by atoms with van der Waals surface area (Å²) >= 11 is 0. The Kier molecular flexibility index (Phi) is 4.20. The Morgan fingerprint density at radius 2 is 2.11 bits per heavy atom. The highest BCUT2D eigenvalue weighted by Gasteiger charge is 2.35. The molecule has 0 aromatic heterocycles. The fraction of sp³-hybridized carbons (Fsp3) is 0.500. The minimum absolute atomic E-state index is 0.228. The summed E-state index contributed by atoms with van der Waals surface area (Å²) < 4.78 is 5.17. The molecule has 1 aromatic rings. The standard InChI is InChI=1S/C14H20N2O2/c1-2-14(9-15-10-14)11-16-13(17)18-8-12-6-4-3-5-7-12/h3-7,15H,2,8-11H2,1H3,(H,16,17). The van der Waals surface area contributed by atoms with Gasteiger partial charge < -0.3 is 15.4 Å². The number of ether oxygens (including phenoxy) is 1. The number of amides is 1. The van der Waals surface area contributed by atoms with Crippen LogP contribution < -0.4 is 10.6 Å². The molecule has 1 aliphatic heterocycles. The van der Waals surface area contributed by atoms with Gasteiger partial charge in [0.25, 0.3) is 0 Å². The molecule has 1 aromatic carbocycles. The molecular formula is C14H20N2O2. The molecule has 1 saturated heterocycles. The zero-order valence-corrected chi connectivity index (χ0v) is 10.7. The summed E-state index contributed by atoms with van der Waals surface area (Å²) in [6.07, 6.45) is 0.734. The van der Waals surface area contributed by atoms with Crippen LogP contribution in [0.3, 0.4) is 0 Å². The second kappa shape index (κ2) is 5.87. The predicted molar refractivity (Wildman–Crippen MR) is 70.2 cm³/mol. The lowest BCUT2D eigenvalue weighted by Gasteiger charge is -2.42. The number of carbonyl (C=O) groups is 1. The molecule has 1 fully saturated rings. The summed E-state index contributed by atoms with van der Waals surface area (Å²) in [5, 5.41) is 6.09. The topological polar surface area (TPSA) is 50.4 Å². The molecular weight excluding hydrogens is 228 g/mol. The van der Waals surface area contributed by atoms with E-state index in [-0.39, 0.29) is 11.5 Å². The van der Waals surface area contributed by atoms with E-state index in [4.69, 9.17) is 4.74 Å². The fourth-order valence-electron chi connectivity index (χ4n) is 2.01. The molecule has 1 heterocycles. The number of hydrogen-bond acceptors (Lipinski definition) is 3. The van der Waals surface area contributed by atoms with Crippen molar-refractivity contribution >= 4 is 6.09 Å². The lowest BCUT2D eigenvalue weighted by atomic mass is 9.79. The molecule has 4 nitrogen and oxygen atoms in total. The van der Waals surface area contributed by atoms with E-state index in [2.05, 4.69) is 17.6 Å².